The van der Waals surface area contributed by atoms with Gasteiger partial charge in [0.05, 0.1) is 18.4 Å². The third kappa shape index (κ3) is 3.45. The highest BCUT2D eigenvalue weighted by Crippen LogP contribution is 2.30. The molecule has 3 heteroatoms. The van der Waals surface area contributed by atoms with Crippen molar-refractivity contribution in [1.82, 2.24) is 0 Å². The van der Waals surface area contributed by atoms with Crippen LogP contribution in [0.3, 0.4) is 0 Å². The fraction of sp³-hybridized carbons (Fsp3) is 0.588. The number of methoxy groups -OCH3 is 1. The van der Waals surface area contributed by atoms with Crippen molar-refractivity contribution < 1.29 is 4.74 Å². The molecular weight excluding hydrogens is 248 g/mol. The van der Waals surface area contributed by atoms with Gasteiger partial charge in [0, 0.05) is 19.2 Å². The first-order valence-electron chi connectivity index (χ1n) is 7.61. The Labute approximate surface area is 122 Å². The van der Waals surface area contributed by atoms with E-state index in [0.29, 0.717) is 0 Å². The molecule has 1 atom stereocenters. The molecule has 1 aliphatic heterocycles. The van der Waals surface area contributed by atoms with E-state index in [1.54, 1.807) is 7.11 Å². The van der Waals surface area contributed by atoms with Gasteiger partial charge >= 0.3 is 0 Å². The molecule has 1 aliphatic rings. The molecule has 3 nitrogen and oxygen atoms in total. The van der Waals surface area contributed by atoms with E-state index < -0.39 is 0 Å². The van der Waals surface area contributed by atoms with E-state index in [-0.39, 0.29) is 0 Å². The summed E-state index contributed by atoms with van der Waals surface area (Å²) in [6, 6.07) is 8.03. The van der Waals surface area contributed by atoms with E-state index in [2.05, 4.69) is 17.9 Å². The van der Waals surface area contributed by atoms with Gasteiger partial charge in [-0.05, 0) is 37.3 Å². The van der Waals surface area contributed by atoms with Crippen molar-refractivity contribution in [2.75, 3.05) is 25.1 Å². The second-order valence-electron chi connectivity index (χ2n) is 5.57. The van der Waals surface area contributed by atoms with Gasteiger partial charge in [0.15, 0.2) is 0 Å². The molecule has 1 saturated heterocycles. The van der Waals surface area contributed by atoms with Gasteiger partial charge < -0.3 is 9.64 Å². The standard InChI is InChI=1S/C17H24N2O/c1-3-5-14-6-4-10-19(11-9-14)17-12-16(20-2)8-7-15(17)13-18/h7-8,12,14H,3-6,9-11H2,1-2H3. The number of ether oxygens (including phenoxy) is 1. The second kappa shape index (κ2) is 7.19. The lowest BCUT2D eigenvalue weighted by molar-refractivity contribution is 0.414. The molecule has 0 spiro atoms. The van der Waals surface area contributed by atoms with Crippen molar-refractivity contribution in [3.8, 4) is 11.8 Å². The summed E-state index contributed by atoms with van der Waals surface area (Å²) in [5.74, 6) is 1.68. The summed E-state index contributed by atoms with van der Waals surface area (Å²) >= 11 is 0. The van der Waals surface area contributed by atoms with E-state index in [9.17, 15) is 5.26 Å². The Morgan fingerprint density at radius 3 is 2.90 bits per heavy atom. The van der Waals surface area contributed by atoms with Crippen LogP contribution in [0.15, 0.2) is 18.2 Å². The number of benzene rings is 1. The highest BCUT2D eigenvalue weighted by Gasteiger charge is 2.19. The second-order valence-corrected chi connectivity index (χ2v) is 5.57. The third-order valence-corrected chi connectivity index (χ3v) is 4.21. The normalized spacial score (nSPS) is 19.2. The Morgan fingerprint density at radius 1 is 1.35 bits per heavy atom. The maximum atomic E-state index is 9.30. The largest absolute Gasteiger partial charge is 0.497 e. The Hall–Kier alpha value is -1.69. The van der Waals surface area contributed by atoms with Crippen LogP contribution in [0.1, 0.15) is 44.6 Å². The molecule has 1 fully saturated rings. The molecule has 0 N–H and O–H groups in total. The molecule has 1 aromatic rings. The third-order valence-electron chi connectivity index (χ3n) is 4.21. The molecule has 1 aromatic carbocycles. The first-order chi connectivity index (χ1) is 9.78. The molecule has 0 aromatic heterocycles. The van der Waals surface area contributed by atoms with Crippen LogP contribution in [-0.2, 0) is 0 Å². The molecular formula is C17H24N2O. The molecule has 0 saturated carbocycles. The van der Waals surface area contributed by atoms with Gasteiger partial charge in [-0.15, -0.1) is 0 Å². The van der Waals surface area contributed by atoms with Crippen LogP contribution in [0.4, 0.5) is 5.69 Å². The predicted molar refractivity (Wildman–Crippen MR) is 82.2 cm³/mol. The van der Waals surface area contributed by atoms with Crippen molar-refractivity contribution in [1.29, 1.82) is 5.26 Å². The summed E-state index contributed by atoms with van der Waals surface area (Å²) in [5, 5.41) is 9.30. The molecule has 0 radical (unpaired) electrons. The van der Waals surface area contributed by atoms with Crippen LogP contribution in [0, 0.1) is 17.2 Å². The van der Waals surface area contributed by atoms with Crippen molar-refractivity contribution in [2.24, 2.45) is 5.92 Å². The topological polar surface area (TPSA) is 36.3 Å². The van der Waals surface area contributed by atoms with Crippen LogP contribution in [-0.4, -0.2) is 20.2 Å². The van der Waals surface area contributed by atoms with E-state index in [1.807, 2.05) is 18.2 Å². The van der Waals surface area contributed by atoms with E-state index in [1.165, 1.54) is 32.1 Å². The van der Waals surface area contributed by atoms with Crippen molar-refractivity contribution in [2.45, 2.75) is 39.0 Å². The summed E-state index contributed by atoms with van der Waals surface area (Å²) in [7, 11) is 1.67. The smallest absolute Gasteiger partial charge is 0.121 e. The minimum absolute atomic E-state index is 0.750. The van der Waals surface area contributed by atoms with Crippen molar-refractivity contribution >= 4 is 5.69 Å². The number of nitrogens with zero attached hydrogens (tertiary/aromatic N) is 2. The quantitative estimate of drug-likeness (QED) is 0.832. The zero-order chi connectivity index (χ0) is 14.4. The fourth-order valence-electron chi connectivity index (χ4n) is 3.10. The minimum Gasteiger partial charge on any atom is -0.497 e. The molecule has 2 rings (SSSR count). The first-order valence-corrected chi connectivity index (χ1v) is 7.61. The van der Waals surface area contributed by atoms with Gasteiger partial charge in [-0.3, -0.25) is 0 Å². The molecule has 20 heavy (non-hydrogen) atoms. The maximum Gasteiger partial charge on any atom is 0.121 e. The summed E-state index contributed by atoms with van der Waals surface area (Å²) < 4.78 is 5.30. The SMILES string of the molecule is CCCC1CCCN(c2cc(OC)ccc2C#N)CC1. The highest BCUT2D eigenvalue weighted by molar-refractivity contribution is 5.62. The minimum atomic E-state index is 0.750. The van der Waals surface area contributed by atoms with Crippen LogP contribution in [0.5, 0.6) is 5.75 Å². The number of nitriles is 1. The van der Waals surface area contributed by atoms with Gasteiger partial charge in [0.2, 0.25) is 0 Å². The number of rotatable bonds is 4. The van der Waals surface area contributed by atoms with Crippen LogP contribution in [0.2, 0.25) is 0 Å². The van der Waals surface area contributed by atoms with E-state index >= 15 is 0 Å². The maximum absolute atomic E-state index is 9.30. The van der Waals surface area contributed by atoms with Gasteiger partial charge in [-0.25, -0.2) is 0 Å². The zero-order valence-corrected chi connectivity index (χ0v) is 12.6. The lowest BCUT2D eigenvalue weighted by atomic mass is 9.96. The molecule has 0 bridgehead atoms. The van der Waals surface area contributed by atoms with Crippen LogP contribution < -0.4 is 9.64 Å². The first kappa shape index (κ1) is 14.7. The fourth-order valence-corrected chi connectivity index (χ4v) is 3.10. The molecule has 0 amide bonds. The van der Waals surface area contributed by atoms with Crippen LogP contribution in [0.25, 0.3) is 0 Å². The molecule has 1 heterocycles. The Bertz CT molecular complexity index is 478. The molecule has 1 unspecified atom stereocenters. The average molecular weight is 272 g/mol. The molecule has 108 valence electrons. The lowest BCUT2D eigenvalue weighted by Gasteiger charge is -2.24. The van der Waals surface area contributed by atoms with Gasteiger partial charge in [0.25, 0.3) is 0 Å². The summed E-state index contributed by atoms with van der Waals surface area (Å²) in [5.41, 5.74) is 1.78. The van der Waals surface area contributed by atoms with E-state index in [4.69, 9.17) is 4.74 Å². The number of anilines is 1. The predicted octanol–water partition coefficient (Wildman–Crippen LogP) is 3.97. The monoisotopic (exact) mass is 272 g/mol. The Balaban J connectivity index is 2.16. The van der Waals surface area contributed by atoms with Gasteiger partial charge in [-0.1, -0.05) is 19.8 Å². The van der Waals surface area contributed by atoms with Crippen molar-refractivity contribution in [3.63, 3.8) is 0 Å². The van der Waals surface area contributed by atoms with Gasteiger partial charge in [0.1, 0.15) is 11.8 Å². The van der Waals surface area contributed by atoms with Gasteiger partial charge in [-0.2, -0.15) is 5.26 Å². The van der Waals surface area contributed by atoms with Crippen LogP contribution >= 0.6 is 0 Å². The van der Waals surface area contributed by atoms with Crippen molar-refractivity contribution in [3.05, 3.63) is 23.8 Å². The Kier molecular flexibility index (Phi) is 5.29. The van der Waals surface area contributed by atoms with E-state index in [0.717, 1.165) is 36.0 Å². The average Bonchev–Trinajstić information content (AvgIpc) is 2.72. The summed E-state index contributed by atoms with van der Waals surface area (Å²) in [6.07, 6.45) is 6.36. The highest BCUT2D eigenvalue weighted by atomic mass is 16.5. The lowest BCUT2D eigenvalue weighted by Crippen LogP contribution is -2.25. The summed E-state index contributed by atoms with van der Waals surface area (Å²) in [6.45, 7) is 4.35. The number of hydrogen-bond donors (Lipinski definition) is 0. The Morgan fingerprint density at radius 2 is 2.20 bits per heavy atom. The summed E-state index contributed by atoms with van der Waals surface area (Å²) in [4.78, 5) is 2.36. The molecule has 0 aliphatic carbocycles. The zero-order valence-electron chi connectivity index (χ0n) is 12.6. The number of hydrogen-bond acceptors (Lipinski definition) is 3.